The van der Waals surface area contributed by atoms with Crippen LogP contribution < -0.4 is 0 Å². The molecule has 0 aromatic rings. The van der Waals surface area contributed by atoms with E-state index in [-0.39, 0.29) is 55.8 Å². The van der Waals surface area contributed by atoms with Crippen LogP contribution >= 0.6 is 0 Å². The van der Waals surface area contributed by atoms with Crippen LogP contribution in [0.1, 0.15) is 258 Å². The Kier molecular flexibility index (Phi) is 50.2. The minimum atomic E-state index is -0.772. The van der Waals surface area contributed by atoms with Gasteiger partial charge in [-0.1, -0.05) is 148 Å². The number of ether oxygens (including phenoxy) is 6. The van der Waals surface area contributed by atoms with Gasteiger partial charge in [-0.25, -0.2) is 4.79 Å². The Morgan fingerprint density at radius 3 is 1.17 bits per heavy atom. The van der Waals surface area contributed by atoms with Crippen LogP contribution in [0, 0.1) is 0 Å². The molecule has 0 spiro atoms. The maximum Gasteiger partial charge on any atom is 0.362 e. The number of hydrogen-bond donors (Lipinski definition) is 2. The van der Waals surface area contributed by atoms with E-state index in [0.29, 0.717) is 86.7 Å². The molecule has 0 aromatic heterocycles. The number of unbranched alkanes of at least 4 members (excludes halogenated alkanes) is 21. The Morgan fingerprint density at radius 1 is 0.366 bits per heavy atom. The van der Waals surface area contributed by atoms with Gasteiger partial charge < -0.3 is 47.6 Å². The molecular weight excluding hydrogens is 1040 g/mol. The summed E-state index contributed by atoms with van der Waals surface area (Å²) in [6, 6.07) is 0. The molecule has 82 heavy (non-hydrogen) atoms. The summed E-state index contributed by atoms with van der Waals surface area (Å²) < 4.78 is 34.0. The van der Waals surface area contributed by atoms with Crippen LogP contribution in [0.25, 0.3) is 0 Å². The third-order valence-corrected chi connectivity index (χ3v) is 14.5. The first kappa shape index (κ1) is 78.1. The van der Waals surface area contributed by atoms with Crippen molar-refractivity contribution in [1.29, 1.82) is 0 Å². The van der Waals surface area contributed by atoms with E-state index in [1.54, 1.807) is 0 Å². The van der Waals surface area contributed by atoms with Gasteiger partial charge in [0.25, 0.3) is 0 Å². The zero-order chi connectivity index (χ0) is 61.0. The lowest BCUT2D eigenvalue weighted by Gasteiger charge is -2.30. The number of likely N-dealkylation sites (N-methyl/N-ethyl adjacent to an activating group) is 2. The summed E-state index contributed by atoms with van der Waals surface area (Å²) in [4.78, 5) is 73.6. The monoisotopic (exact) mass is 1170 g/mol. The average Bonchev–Trinajstić information content (AvgIpc) is 3.41. The molecule has 2 N–H and O–H groups in total. The number of esters is 6. The maximum absolute atomic E-state index is 12.9. The number of allylic oxidation sites excluding steroid dienone is 2. The lowest BCUT2D eigenvalue weighted by Crippen LogP contribution is -2.48. The highest BCUT2D eigenvalue weighted by molar-refractivity contribution is 5.73. The van der Waals surface area contributed by atoms with Crippen LogP contribution in [0.5, 0.6) is 0 Å². The molecule has 0 bridgehead atoms. The number of aliphatic hydroxyl groups excluding tert-OH is 2. The van der Waals surface area contributed by atoms with Gasteiger partial charge in [0.1, 0.15) is 38.5 Å². The van der Waals surface area contributed by atoms with Crippen molar-refractivity contribution in [1.82, 2.24) is 0 Å². The molecule has 0 heterocycles. The second-order valence-corrected chi connectivity index (χ2v) is 24.4. The standard InChI is InChI=1S/C66H122N2O14/c1-9-12-32-44-59(81-65(75)49-40-48-64(74)79-54-50-67(4,5)6)57(69)42-34-26-20-14-16-22-28-36-46-62(72)77-52-38-30-24-18-19-25-31-39-53-78-63(73)47-37-29-23-17-15-21-27-35-43-58(70)60(45-33-13-10-2)82-66(76)56-68(7,8)51-55-80-61(71)41-11-3/h26-27,34-35,57-60,69-70H,9-25,28-33,36-56H2,1-8H3/q+2/b34-26-,35-27-. The maximum atomic E-state index is 12.9. The zero-order valence-corrected chi connectivity index (χ0v) is 53.4. The Hall–Kier alpha value is -3.86. The van der Waals surface area contributed by atoms with Gasteiger partial charge in [0.2, 0.25) is 0 Å². The normalized spacial score (nSPS) is 13.4. The topological polar surface area (TPSA) is 198 Å². The van der Waals surface area contributed by atoms with Crippen molar-refractivity contribution < 1.29 is 76.4 Å². The molecule has 0 fully saturated rings. The van der Waals surface area contributed by atoms with E-state index in [1.807, 2.05) is 54.3 Å². The summed E-state index contributed by atoms with van der Waals surface area (Å²) in [7, 11) is 9.90. The fourth-order valence-electron chi connectivity index (χ4n) is 9.19. The van der Waals surface area contributed by atoms with Gasteiger partial charge in [-0.15, -0.1) is 0 Å². The van der Waals surface area contributed by atoms with E-state index in [2.05, 4.69) is 26.0 Å². The summed E-state index contributed by atoms with van der Waals surface area (Å²) >= 11 is 0. The molecule has 16 nitrogen and oxygen atoms in total. The van der Waals surface area contributed by atoms with Crippen molar-refractivity contribution >= 4 is 35.8 Å². The number of carbonyl (C=O) groups is 6. The number of carbonyl (C=O) groups excluding carboxylic acids is 6. The molecule has 4 atom stereocenters. The third-order valence-electron chi connectivity index (χ3n) is 14.5. The highest BCUT2D eigenvalue weighted by Crippen LogP contribution is 2.19. The zero-order valence-electron chi connectivity index (χ0n) is 53.4. The van der Waals surface area contributed by atoms with Crippen molar-refractivity contribution in [3.05, 3.63) is 24.3 Å². The predicted octanol–water partition coefficient (Wildman–Crippen LogP) is 13.1. The van der Waals surface area contributed by atoms with Gasteiger partial charge in [0.15, 0.2) is 6.54 Å². The summed E-state index contributed by atoms with van der Waals surface area (Å²) in [5.41, 5.74) is 0. The highest BCUT2D eigenvalue weighted by atomic mass is 16.6. The van der Waals surface area contributed by atoms with E-state index in [4.69, 9.17) is 28.4 Å². The number of nitrogens with zero attached hydrogens (tertiary/aromatic N) is 2. The van der Waals surface area contributed by atoms with Crippen LogP contribution in [0.3, 0.4) is 0 Å². The summed E-state index contributed by atoms with van der Waals surface area (Å²) in [5, 5.41) is 21.8. The molecular formula is C66H122N2O14+2. The molecule has 0 radical (unpaired) electrons. The third kappa shape index (κ3) is 51.8. The second-order valence-electron chi connectivity index (χ2n) is 24.4. The number of rotatable bonds is 57. The summed E-state index contributed by atoms with van der Waals surface area (Å²) in [6.45, 7) is 9.08. The molecule has 0 saturated carbocycles. The van der Waals surface area contributed by atoms with Crippen LogP contribution in [0.2, 0.25) is 0 Å². The Balaban J connectivity index is 3.91. The molecule has 0 saturated heterocycles. The van der Waals surface area contributed by atoms with Crippen molar-refractivity contribution in [2.24, 2.45) is 0 Å². The van der Waals surface area contributed by atoms with Gasteiger partial charge in [0, 0.05) is 32.1 Å². The Bertz CT molecular complexity index is 1680. The molecule has 0 aromatic carbocycles. The van der Waals surface area contributed by atoms with E-state index in [9.17, 15) is 39.0 Å². The molecule has 16 heteroatoms. The Labute approximate surface area is 498 Å². The smallest absolute Gasteiger partial charge is 0.362 e. The van der Waals surface area contributed by atoms with Crippen LogP contribution in [0.4, 0.5) is 0 Å². The number of quaternary nitrogens is 2. The van der Waals surface area contributed by atoms with E-state index in [1.165, 1.54) is 0 Å². The molecule has 0 aliphatic heterocycles. The lowest BCUT2D eigenvalue weighted by atomic mass is 10.0. The van der Waals surface area contributed by atoms with E-state index in [0.717, 1.165) is 180 Å². The average molecular weight is 1170 g/mol. The van der Waals surface area contributed by atoms with Crippen molar-refractivity contribution in [3.8, 4) is 0 Å². The molecule has 478 valence electrons. The Morgan fingerprint density at radius 2 is 0.732 bits per heavy atom. The highest BCUT2D eigenvalue weighted by Gasteiger charge is 2.28. The minimum absolute atomic E-state index is 0.108. The van der Waals surface area contributed by atoms with Crippen LogP contribution in [-0.2, 0) is 57.2 Å². The van der Waals surface area contributed by atoms with E-state index < -0.39 is 30.4 Å². The first-order valence-electron chi connectivity index (χ1n) is 32.6. The van der Waals surface area contributed by atoms with Crippen LogP contribution in [0.15, 0.2) is 24.3 Å². The fourth-order valence-corrected chi connectivity index (χ4v) is 9.19. The summed E-state index contributed by atoms with van der Waals surface area (Å²) in [6.07, 6.45) is 36.4. The summed E-state index contributed by atoms with van der Waals surface area (Å²) in [5.74, 6) is -1.50. The van der Waals surface area contributed by atoms with Gasteiger partial charge in [-0.2, -0.15) is 0 Å². The van der Waals surface area contributed by atoms with Crippen molar-refractivity contribution in [3.63, 3.8) is 0 Å². The quantitative estimate of drug-likeness (QED) is 0.0192. The van der Waals surface area contributed by atoms with E-state index >= 15 is 0 Å². The minimum Gasteiger partial charge on any atom is -0.466 e. The van der Waals surface area contributed by atoms with Crippen molar-refractivity contribution in [2.45, 2.75) is 283 Å². The fraction of sp³-hybridized carbons (Fsp3) is 0.848. The predicted molar refractivity (Wildman–Crippen MR) is 326 cm³/mol. The number of aliphatic hydroxyl groups is 2. The molecule has 0 aliphatic rings. The van der Waals surface area contributed by atoms with Gasteiger partial charge in [-0.3, -0.25) is 24.0 Å². The first-order valence-corrected chi connectivity index (χ1v) is 32.6. The molecule has 4 unspecified atom stereocenters. The first-order chi connectivity index (χ1) is 39.3. The largest absolute Gasteiger partial charge is 0.466 e. The molecule has 0 aliphatic carbocycles. The number of hydrogen-bond acceptors (Lipinski definition) is 14. The lowest BCUT2D eigenvalue weighted by molar-refractivity contribution is -0.883. The SMILES string of the molecule is CCCCCC(OC(=O)CCCC(=O)OCC[N+](C)(C)C)C(O)C/C=C\CCCCCCCC(=O)OCCCCCCCCCCOC(=O)CCCCCCC/C=C\CC(O)C(CCCCC)OC(=O)C[N+](C)(C)CCOC(=O)CCC. The molecule has 0 amide bonds. The second kappa shape index (κ2) is 52.7. The van der Waals surface area contributed by atoms with Gasteiger partial charge in [-0.05, 0) is 103 Å². The van der Waals surface area contributed by atoms with Crippen molar-refractivity contribution in [2.75, 3.05) is 81.3 Å². The van der Waals surface area contributed by atoms with Crippen LogP contribution in [-0.4, -0.2) is 161 Å². The van der Waals surface area contributed by atoms with Gasteiger partial charge >= 0.3 is 35.8 Å². The van der Waals surface area contributed by atoms with Gasteiger partial charge in [0.05, 0.1) is 60.7 Å². The molecule has 0 rings (SSSR count).